The number of hydrogen-bond acceptors (Lipinski definition) is 5. The molecule has 0 radical (unpaired) electrons. The van der Waals surface area contributed by atoms with Crippen LogP contribution in [0.5, 0.6) is 0 Å². The highest BCUT2D eigenvalue weighted by atomic mass is 32.1. The lowest BCUT2D eigenvalue weighted by Gasteiger charge is -2.12. The number of rotatable bonds is 4. The average Bonchev–Trinajstić information content (AvgIpc) is 3.26. The molecule has 0 unspecified atom stereocenters. The predicted octanol–water partition coefficient (Wildman–Crippen LogP) is 4.87. The fourth-order valence-electron chi connectivity index (χ4n) is 2.72. The van der Waals surface area contributed by atoms with Gasteiger partial charge in [-0.05, 0) is 50.1 Å². The van der Waals surface area contributed by atoms with Gasteiger partial charge < -0.3 is 9.73 Å². The number of carbonyl (C=O) groups excluding carboxylic acids is 1. The summed E-state index contributed by atoms with van der Waals surface area (Å²) in [5.41, 5.74) is 4.33. The number of amides is 1. The Hall–Kier alpha value is -3.17. The van der Waals surface area contributed by atoms with Crippen molar-refractivity contribution in [2.45, 2.75) is 20.8 Å². The highest BCUT2D eigenvalue weighted by Crippen LogP contribution is 2.26. The summed E-state index contributed by atoms with van der Waals surface area (Å²) in [5.74, 6) is 0.207. The SMILES string of the molecule is Cc1cc(C)c(NC(=O)/C(C#N)=C/c2csc(-c3ccco3)n2)c(C)c1. The third-order valence-electron chi connectivity index (χ3n) is 3.83. The molecule has 6 heteroatoms. The van der Waals surface area contributed by atoms with Crippen molar-refractivity contribution in [2.75, 3.05) is 5.32 Å². The molecule has 1 amide bonds. The van der Waals surface area contributed by atoms with E-state index in [1.165, 1.54) is 17.4 Å². The molecule has 0 bridgehead atoms. The molecule has 26 heavy (non-hydrogen) atoms. The van der Waals surface area contributed by atoms with Crippen molar-refractivity contribution in [3.8, 4) is 16.8 Å². The van der Waals surface area contributed by atoms with Crippen molar-refractivity contribution < 1.29 is 9.21 Å². The molecule has 3 rings (SSSR count). The lowest BCUT2D eigenvalue weighted by Crippen LogP contribution is -2.15. The highest BCUT2D eigenvalue weighted by molar-refractivity contribution is 7.13. The summed E-state index contributed by atoms with van der Waals surface area (Å²) in [4.78, 5) is 16.9. The lowest BCUT2D eigenvalue weighted by molar-refractivity contribution is -0.112. The van der Waals surface area contributed by atoms with Crippen LogP contribution in [-0.4, -0.2) is 10.9 Å². The Morgan fingerprint density at radius 1 is 1.31 bits per heavy atom. The van der Waals surface area contributed by atoms with Gasteiger partial charge in [-0.15, -0.1) is 11.3 Å². The number of carbonyl (C=O) groups is 1. The molecular weight excluding hydrogens is 346 g/mol. The number of nitrogens with one attached hydrogen (secondary N) is 1. The lowest BCUT2D eigenvalue weighted by atomic mass is 10.0. The van der Waals surface area contributed by atoms with Crippen LogP contribution in [-0.2, 0) is 4.79 Å². The Bertz CT molecular complexity index is 1000. The maximum Gasteiger partial charge on any atom is 0.266 e. The van der Waals surface area contributed by atoms with E-state index in [1.54, 1.807) is 17.7 Å². The minimum absolute atomic E-state index is 0.000620. The van der Waals surface area contributed by atoms with Crippen LogP contribution in [0.4, 0.5) is 5.69 Å². The fraction of sp³-hybridized carbons (Fsp3) is 0.150. The second kappa shape index (κ2) is 7.38. The molecule has 0 aliphatic heterocycles. The van der Waals surface area contributed by atoms with E-state index in [1.807, 2.05) is 45.0 Å². The molecule has 5 nitrogen and oxygen atoms in total. The Balaban J connectivity index is 1.84. The topological polar surface area (TPSA) is 78.9 Å². The van der Waals surface area contributed by atoms with Gasteiger partial charge in [-0.3, -0.25) is 4.79 Å². The fourth-order valence-corrected chi connectivity index (χ4v) is 3.46. The number of aryl methyl sites for hydroxylation is 3. The van der Waals surface area contributed by atoms with E-state index < -0.39 is 5.91 Å². The van der Waals surface area contributed by atoms with Crippen molar-refractivity contribution >= 4 is 29.0 Å². The zero-order valence-corrected chi connectivity index (χ0v) is 15.5. The number of thiazole rings is 1. The van der Waals surface area contributed by atoms with E-state index in [-0.39, 0.29) is 5.57 Å². The summed E-state index contributed by atoms with van der Waals surface area (Å²) < 4.78 is 5.31. The Morgan fingerprint density at radius 2 is 2.04 bits per heavy atom. The van der Waals surface area contributed by atoms with Crippen LogP contribution in [0, 0.1) is 32.1 Å². The van der Waals surface area contributed by atoms with Gasteiger partial charge in [0.1, 0.15) is 11.6 Å². The van der Waals surface area contributed by atoms with Crippen LogP contribution in [0.2, 0.25) is 0 Å². The molecule has 0 saturated carbocycles. The van der Waals surface area contributed by atoms with E-state index in [9.17, 15) is 10.1 Å². The first-order chi connectivity index (χ1) is 12.5. The second-order valence-electron chi connectivity index (χ2n) is 5.95. The van der Waals surface area contributed by atoms with Crippen molar-refractivity contribution in [3.05, 3.63) is 63.9 Å². The summed E-state index contributed by atoms with van der Waals surface area (Å²) in [6.45, 7) is 5.87. The number of nitrogens with zero attached hydrogens (tertiary/aromatic N) is 2. The Kier molecular flexibility index (Phi) is 5.01. The van der Waals surface area contributed by atoms with Gasteiger partial charge in [0.15, 0.2) is 10.8 Å². The first-order valence-electron chi connectivity index (χ1n) is 7.98. The van der Waals surface area contributed by atoms with Crippen molar-refractivity contribution in [3.63, 3.8) is 0 Å². The summed E-state index contributed by atoms with van der Waals surface area (Å²) in [6, 6.07) is 9.54. The largest absolute Gasteiger partial charge is 0.462 e. The molecule has 1 aromatic carbocycles. The monoisotopic (exact) mass is 363 g/mol. The number of aromatic nitrogens is 1. The van der Waals surface area contributed by atoms with Crippen LogP contribution in [0.3, 0.4) is 0 Å². The molecule has 0 spiro atoms. The van der Waals surface area contributed by atoms with E-state index in [4.69, 9.17) is 4.42 Å². The van der Waals surface area contributed by atoms with E-state index in [0.29, 0.717) is 16.5 Å². The zero-order chi connectivity index (χ0) is 18.7. The summed E-state index contributed by atoms with van der Waals surface area (Å²) >= 11 is 1.39. The quantitative estimate of drug-likeness (QED) is 0.529. The second-order valence-corrected chi connectivity index (χ2v) is 6.81. The molecule has 3 aromatic rings. The molecule has 2 heterocycles. The van der Waals surface area contributed by atoms with E-state index >= 15 is 0 Å². The van der Waals surface area contributed by atoms with Gasteiger partial charge in [-0.1, -0.05) is 17.7 Å². The first-order valence-corrected chi connectivity index (χ1v) is 8.86. The van der Waals surface area contributed by atoms with Crippen LogP contribution in [0.15, 0.2) is 45.9 Å². The van der Waals surface area contributed by atoms with Gasteiger partial charge in [0.25, 0.3) is 5.91 Å². The number of anilines is 1. The molecule has 0 fully saturated rings. The van der Waals surface area contributed by atoms with Crippen molar-refractivity contribution in [1.29, 1.82) is 5.26 Å². The molecule has 130 valence electrons. The zero-order valence-electron chi connectivity index (χ0n) is 14.7. The summed E-state index contributed by atoms with van der Waals surface area (Å²) in [7, 11) is 0. The van der Waals surface area contributed by atoms with Crippen LogP contribution >= 0.6 is 11.3 Å². The maximum atomic E-state index is 12.5. The number of furan rings is 1. The minimum atomic E-state index is -0.449. The predicted molar refractivity (Wildman–Crippen MR) is 103 cm³/mol. The third-order valence-corrected chi connectivity index (χ3v) is 4.70. The summed E-state index contributed by atoms with van der Waals surface area (Å²) in [6.07, 6.45) is 3.06. The number of nitriles is 1. The summed E-state index contributed by atoms with van der Waals surface area (Å²) in [5, 5.41) is 14.7. The van der Waals surface area contributed by atoms with E-state index in [2.05, 4.69) is 10.3 Å². The number of benzene rings is 1. The smallest absolute Gasteiger partial charge is 0.266 e. The van der Waals surface area contributed by atoms with Gasteiger partial charge >= 0.3 is 0 Å². The minimum Gasteiger partial charge on any atom is -0.462 e. The molecular formula is C20H17N3O2S. The van der Waals surface area contributed by atoms with Gasteiger partial charge in [-0.25, -0.2) is 4.98 Å². The van der Waals surface area contributed by atoms with Gasteiger partial charge in [-0.2, -0.15) is 5.26 Å². The third kappa shape index (κ3) is 3.73. The van der Waals surface area contributed by atoms with E-state index in [0.717, 1.165) is 22.4 Å². The molecule has 0 saturated heterocycles. The van der Waals surface area contributed by atoms with Gasteiger partial charge in [0, 0.05) is 11.1 Å². The van der Waals surface area contributed by atoms with Gasteiger partial charge in [0.2, 0.25) is 0 Å². The molecule has 0 atom stereocenters. The Labute approximate surface area is 155 Å². The normalized spacial score (nSPS) is 11.2. The first kappa shape index (κ1) is 17.6. The average molecular weight is 363 g/mol. The van der Waals surface area contributed by atoms with Gasteiger partial charge in [0.05, 0.1) is 12.0 Å². The molecule has 2 aromatic heterocycles. The van der Waals surface area contributed by atoms with Crippen molar-refractivity contribution in [1.82, 2.24) is 4.98 Å². The van der Waals surface area contributed by atoms with Crippen LogP contribution in [0.1, 0.15) is 22.4 Å². The standard InChI is InChI=1S/C20H17N3O2S/c1-12-7-13(2)18(14(3)8-12)23-19(24)15(10-21)9-16-11-26-20(22-16)17-5-4-6-25-17/h4-9,11H,1-3H3,(H,23,24)/b15-9+. The van der Waals surface area contributed by atoms with Crippen LogP contribution < -0.4 is 5.32 Å². The maximum absolute atomic E-state index is 12.5. The van der Waals surface area contributed by atoms with Crippen LogP contribution in [0.25, 0.3) is 16.8 Å². The Morgan fingerprint density at radius 3 is 2.65 bits per heavy atom. The highest BCUT2D eigenvalue weighted by Gasteiger charge is 2.14. The van der Waals surface area contributed by atoms with Crippen molar-refractivity contribution in [2.24, 2.45) is 0 Å². The number of hydrogen-bond donors (Lipinski definition) is 1. The molecule has 0 aliphatic rings. The molecule has 1 N–H and O–H groups in total. The molecule has 0 aliphatic carbocycles.